The normalized spacial score (nSPS) is 12.3. The summed E-state index contributed by atoms with van der Waals surface area (Å²) < 4.78 is 12.1. The van der Waals surface area contributed by atoms with E-state index in [1.54, 1.807) is 35.3 Å². The number of fused-ring (bicyclic) bond motifs is 1. The van der Waals surface area contributed by atoms with Gasteiger partial charge in [-0.25, -0.2) is 9.67 Å². The molecule has 0 spiro atoms. The van der Waals surface area contributed by atoms with Gasteiger partial charge in [-0.1, -0.05) is 6.07 Å². The van der Waals surface area contributed by atoms with Crippen LogP contribution >= 0.6 is 11.3 Å². The number of aromatic nitrogens is 3. The number of pyridine rings is 1. The van der Waals surface area contributed by atoms with E-state index in [9.17, 15) is 9.59 Å². The monoisotopic (exact) mass is 438 g/mol. The predicted octanol–water partition coefficient (Wildman–Crippen LogP) is 4.37. The van der Waals surface area contributed by atoms with Gasteiger partial charge in [0.1, 0.15) is 5.69 Å². The number of methoxy groups -OCH3 is 1. The first-order valence-electron chi connectivity index (χ1n) is 9.81. The Kier molecular flexibility index (Phi) is 5.85. The van der Waals surface area contributed by atoms with E-state index in [0.29, 0.717) is 28.1 Å². The fourth-order valence-electron chi connectivity index (χ4n) is 3.33. The number of carbonyl (C=O) groups excluding carboxylic acids is 2. The lowest BCUT2D eigenvalue weighted by molar-refractivity contribution is -0.141. The Morgan fingerprint density at radius 3 is 2.77 bits per heavy atom. The van der Waals surface area contributed by atoms with Gasteiger partial charge in [-0.3, -0.25) is 9.59 Å². The van der Waals surface area contributed by atoms with Crippen molar-refractivity contribution in [1.82, 2.24) is 20.1 Å². The van der Waals surface area contributed by atoms with E-state index in [2.05, 4.69) is 15.4 Å². The number of carbonyl (C=O) groups is 2. The predicted molar refractivity (Wildman–Crippen MR) is 117 cm³/mol. The minimum atomic E-state index is -0.504. The molecule has 9 heteroatoms. The summed E-state index contributed by atoms with van der Waals surface area (Å²) in [5.74, 6) is -0.176. The number of esters is 1. The van der Waals surface area contributed by atoms with Crippen LogP contribution in [0.2, 0.25) is 0 Å². The molecule has 0 saturated heterocycles. The molecule has 31 heavy (non-hydrogen) atoms. The number of nitrogens with one attached hydrogen (secondary N) is 1. The van der Waals surface area contributed by atoms with Gasteiger partial charge in [0.25, 0.3) is 5.91 Å². The number of hydrogen-bond donors (Lipinski definition) is 1. The van der Waals surface area contributed by atoms with Crippen molar-refractivity contribution in [3.05, 3.63) is 58.6 Å². The molecular weight excluding hydrogens is 416 g/mol. The second-order valence-electron chi connectivity index (χ2n) is 7.27. The molecule has 0 radical (unpaired) electrons. The molecule has 4 aromatic heterocycles. The molecular formula is C22H22N4O4S. The Morgan fingerprint density at radius 2 is 2.13 bits per heavy atom. The summed E-state index contributed by atoms with van der Waals surface area (Å²) >= 11 is 1.47. The molecule has 0 bridgehead atoms. The lowest BCUT2D eigenvalue weighted by Crippen LogP contribution is -2.30. The second kappa shape index (κ2) is 8.73. The van der Waals surface area contributed by atoms with Crippen molar-refractivity contribution < 1.29 is 18.7 Å². The van der Waals surface area contributed by atoms with Crippen LogP contribution in [0.25, 0.3) is 22.5 Å². The molecule has 1 N–H and O–H groups in total. The molecule has 0 aliphatic carbocycles. The summed E-state index contributed by atoms with van der Waals surface area (Å²) in [7, 11) is 1.33. The Morgan fingerprint density at radius 1 is 1.29 bits per heavy atom. The molecule has 1 unspecified atom stereocenters. The maximum absolute atomic E-state index is 13.4. The summed E-state index contributed by atoms with van der Waals surface area (Å²) in [5.41, 5.74) is 1.54. The van der Waals surface area contributed by atoms with E-state index in [1.165, 1.54) is 18.4 Å². The number of thiophene rings is 1. The van der Waals surface area contributed by atoms with Crippen molar-refractivity contribution in [1.29, 1.82) is 0 Å². The van der Waals surface area contributed by atoms with Crippen molar-refractivity contribution >= 4 is 34.2 Å². The molecule has 0 saturated carbocycles. The highest BCUT2D eigenvalue weighted by atomic mass is 32.1. The standard InChI is InChI=1S/C22H22N4O4S/c1-13(2)26-21-15(12-23-26)14(10-16(24-21)18-6-4-8-30-18)22(28)25-17(11-20(27)29-3)19-7-5-9-31-19/h4-10,12-13,17H,11H2,1-3H3,(H,25,28). The Balaban J connectivity index is 1.76. The number of ether oxygens (including phenoxy) is 1. The highest BCUT2D eigenvalue weighted by molar-refractivity contribution is 7.10. The number of hydrogen-bond acceptors (Lipinski definition) is 7. The topological polar surface area (TPSA) is 99.2 Å². The van der Waals surface area contributed by atoms with Gasteiger partial charge in [0, 0.05) is 10.9 Å². The molecule has 160 valence electrons. The van der Waals surface area contributed by atoms with Crippen LogP contribution in [-0.2, 0) is 9.53 Å². The van der Waals surface area contributed by atoms with Crippen LogP contribution in [0.4, 0.5) is 0 Å². The first kappa shape index (κ1) is 20.8. The molecule has 0 aliphatic rings. The summed E-state index contributed by atoms with van der Waals surface area (Å²) in [6, 6.07) is 8.56. The fourth-order valence-corrected chi connectivity index (χ4v) is 4.11. The highest BCUT2D eigenvalue weighted by Gasteiger charge is 2.24. The summed E-state index contributed by atoms with van der Waals surface area (Å²) in [5, 5.41) is 9.93. The second-order valence-corrected chi connectivity index (χ2v) is 8.25. The highest BCUT2D eigenvalue weighted by Crippen LogP contribution is 2.28. The molecule has 8 nitrogen and oxygen atoms in total. The van der Waals surface area contributed by atoms with E-state index in [1.807, 2.05) is 31.4 Å². The average Bonchev–Trinajstić information content (AvgIpc) is 3.53. The van der Waals surface area contributed by atoms with Crippen molar-refractivity contribution in [3.8, 4) is 11.5 Å². The van der Waals surface area contributed by atoms with E-state index in [-0.39, 0.29) is 18.4 Å². The van der Waals surface area contributed by atoms with Gasteiger partial charge in [-0.15, -0.1) is 11.3 Å². The van der Waals surface area contributed by atoms with Crippen LogP contribution in [0, 0.1) is 0 Å². The minimum absolute atomic E-state index is 0.0350. The quantitative estimate of drug-likeness (QED) is 0.430. The Bertz CT molecular complexity index is 1200. The Labute approximate surface area is 182 Å². The third-order valence-corrected chi connectivity index (χ3v) is 5.85. The van der Waals surface area contributed by atoms with Crippen LogP contribution in [0.1, 0.15) is 47.6 Å². The lowest BCUT2D eigenvalue weighted by Gasteiger charge is -2.17. The van der Waals surface area contributed by atoms with Gasteiger partial charge in [0.15, 0.2) is 11.4 Å². The molecule has 4 aromatic rings. The van der Waals surface area contributed by atoms with Crippen molar-refractivity contribution in [2.75, 3.05) is 7.11 Å². The van der Waals surface area contributed by atoms with E-state index < -0.39 is 12.0 Å². The van der Waals surface area contributed by atoms with Gasteiger partial charge >= 0.3 is 5.97 Å². The van der Waals surface area contributed by atoms with E-state index in [4.69, 9.17) is 9.15 Å². The molecule has 0 aliphatic heterocycles. The number of rotatable bonds is 7. The summed E-state index contributed by atoms with van der Waals surface area (Å²) in [4.78, 5) is 30.9. The van der Waals surface area contributed by atoms with Crippen LogP contribution in [0.5, 0.6) is 0 Å². The van der Waals surface area contributed by atoms with Crippen LogP contribution in [0.3, 0.4) is 0 Å². The van der Waals surface area contributed by atoms with Crippen LogP contribution < -0.4 is 5.32 Å². The number of nitrogens with zero attached hydrogens (tertiary/aromatic N) is 3. The SMILES string of the molecule is COC(=O)CC(NC(=O)c1cc(-c2ccco2)nc2c1cnn2C(C)C)c1cccs1. The third-order valence-electron chi connectivity index (χ3n) is 4.86. The first-order chi connectivity index (χ1) is 15.0. The number of furan rings is 1. The zero-order chi connectivity index (χ0) is 22.0. The summed E-state index contributed by atoms with van der Waals surface area (Å²) in [6.07, 6.45) is 3.24. The zero-order valence-electron chi connectivity index (χ0n) is 17.4. The lowest BCUT2D eigenvalue weighted by atomic mass is 10.1. The maximum Gasteiger partial charge on any atom is 0.307 e. The van der Waals surface area contributed by atoms with E-state index in [0.717, 1.165) is 4.88 Å². The minimum Gasteiger partial charge on any atom is -0.469 e. The van der Waals surface area contributed by atoms with Gasteiger partial charge < -0.3 is 14.5 Å². The van der Waals surface area contributed by atoms with Gasteiger partial charge in [0.05, 0.1) is 43.0 Å². The van der Waals surface area contributed by atoms with Crippen LogP contribution in [-0.4, -0.2) is 33.8 Å². The Hall–Kier alpha value is -3.46. The molecule has 0 fully saturated rings. The summed E-state index contributed by atoms with van der Waals surface area (Å²) in [6.45, 7) is 3.99. The van der Waals surface area contributed by atoms with Crippen molar-refractivity contribution in [2.45, 2.75) is 32.4 Å². The largest absolute Gasteiger partial charge is 0.469 e. The zero-order valence-corrected chi connectivity index (χ0v) is 18.2. The molecule has 4 rings (SSSR count). The van der Waals surface area contributed by atoms with Crippen molar-refractivity contribution in [2.24, 2.45) is 0 Å². The van der Waals surface area contributed by atoms with Gasteiger partial charge in [0.2, 0.25) is 0 Å². The van der Waals surface area contributed by atoms with E-state index >= 15 is 0 Å². The molecule has 0 aromatic carbocycles. The third kappa shape index (κ3) is 4.22. The molecule has 1 amide bonds. The fraction of sp³-hybridized carbons (Fsp3) is 0.273. The van der Waals surface area contributed by atoms with Gasteiger partial charge in [-0.05, 0) is 43.5 Å². The smallest absolute Gasteiger partial charge is 0.307 e. The van der Waals surface area contributed by atoms with Crippen molar-refractivity contribution in [3.63, 3.8) is 0 Å². The first-order valence-corrected chi connectivity index (χ1v) is 10.7. The van der Waals surface area contributed by atoms with Gasteiger partial charge in [-0.2, -0.15) is 5.10 Å². The molecule has 1 atom stereocenters. The number of amides is 1. The maximum atomic E-state index is 13.4. The average molecular weight is 439 g/mol. The molecule has 4 heterocycles. The van der Waals surface area contributed by atoms with Crippen LogP contribution in [0.15, 0.2) is 52.6 Å².